The van der Waals surface area contributed by atoms with Crippen molar-refractivity contribution in [3.63, 3.8) is 0 Å². The standard InChI is InChI=1S/C20H28N2O3/c1-6-12-22-14(2)16(15-10-8-7-9-11-15)13-17(18(22)23)21-19(24)25-20(3,4)5/h6-11,14,16-17H,1,12-13H2,2-5H3,(H,21,24). The minimum absolute atomic E-state index is 0.0320. The molecule has 0 aromatic heterocycles. The summed E-state index contributed by atoms with van der Waals surface area (Å²) < 4.78 is 5.31. The third-order valence-electron chi connectivity index (χ3n) is 4.39. The lowest BCUT2D eigenvalue weighted by Gasteiger charge is -2.42. The molecule has 3 atom stereocenters. The summed E-state index contributed by atoms with van der Waals surface area (Å²) in [5, 5.41) is 2.75. The van der Waals surface area contributed by atoms with Gasteiger partial charge < -0.3 is 15.0 Å². The number of carbonyl (C=O) groups excluding carboxylic acids is 2. The quantitative estimate of drug-likeness (QED) is 0.851. The van der Waals surface area contributed by atoms with Crippen LogP contribution in [0.15, 0.2) is 43.0 Å². The Kier molecular flexibility index (Phi) is 5.88. The van der Waals surface area contributed by atoms with Crippen molar-refractivity contribution >= 4 is 12.0 Å². The molecule has 1 aromatic carbocycles. The molecule has 1 fully saturated rings. The number of hydrogen-bond acceptors (Lipinski definition) is 3. The highest BCUT2D eigenvalue weighted by molar-refractivity contribution is 5.87. The number of rotatable bonds is 4. The smallest absolute Gasteiger partial charge is 0.408 e. The average Bonchev–Trinajstić information content (AvgIpc) is 2.53. The van der Waals surface area contributed by atoms with E-state index in [0.29, 0.717) is 13.0 Å². The van der Waals surface area contributed by atoms with E-state index in [2.05, 4.69) is 24.0 Å². The third-order valence-corrected chi connectivity index (χ3v) is 4.39. The van der Waals surface area contributed by atoms with E-state index < -0.39 is 17.7 Å². The van der Waals surface area contributed by atoms with Crippen LogP contribution >= 0.6 is 0 Å². The van der Waals surface area contributed by atoms with Gasteiger partial charge in [-0.05, 0) is 39.7 Å². The number of amides is 2. The minimum Gasteiger partial charge on any atom is -0.444 e. The first-order valence-corrected chi connectivity index (χ1v) is 8.68. The van der Waals surface area contributed by atoms with Gasteiger partial charge in [0.25, 0.3) is 0 Å². The SMILES string of the molecule is C=CCN1C(=O)C(NC(=O)OC(C)(C)C)CC(c2ccccc2)C1C. The van der Waals surface area contributed by atoms with E-state index in [4.69, 9.17) is 4.74 Å². The zero-order valence-electron chi connectivity index (χ0n) is 15.5. The van der Waals surface area contributed by atoms with E-state index in [0.717, 1.165) is 5.56 Å². The zero-order valence-corrected chi connectivity index (χ0v) is 15.5. The molecule has 2 amide bonds. The normalized spacial score (nSPS) is 23.9. The Bertz CT molecular complexity index is 622. The fourth-order valence-corrected chi connectivity index (χ4v) is 3.25. The number of hydrogen-bond donors (Lipinski definition) is 1. The van der Waals surface area contributed by atoms with Gasteiger partial charge in [0.1, 0.15) is 11.6 Å². The maximum atomic E-state index is 12.8. The maximum absolute atomic E-state index is 12.8. The lowest BCUT2D eigenvalue weighted by atomic mass is 9.82. The van der Waals surface area contributed by atoms with Gasteiger partial charge in [-0.1, -0.05) is 36.4 Å². The summed E-state index contributed by atoms with van der Waals surface area (Å²) in [7, 11) is 0. The Morgan fingerprint density at radius 3 is 2.56 bits per heavy atom. The van der Waals surface area contributed by atoms with Gasteiger partial charge in [0.05, 0.1) is 0 Å². The van der Waals surface area contributed by atoms with Crippen LogP contribution in [0.2, 0.25) is 0 Å². The van der Waals surface area contributed by atoms with E-state index >= 15 is 0 Å². The Labute approximate surface area is 150 Å². The number of ether oxygens (including phenoxy) is 1. The molecule has 0 aliphatic carbocycles. The van der Waals surface area contributed by atoms with Crippen LogP contribution in [-0.4, -0.2) is 41.1 Å². The van der Waals surface area contributed by atoms with Crippen molar-refractivity contribution < 1.29 is 14.3 Å². The topological polar surface area (TPSA) is 58.6 Å². The minimum atomic E-state index is -0.602. The van der Waals surface area contributed by atoms with E-state index in [9.17, 15) is 9.59 Å². The van der Waals surface area contributed by atoms with E-state index in [1.807, 2.05) is 25.1 Å². The molecule has 0 bridgehead atoms. The average molecular weight is 344 g/mol. The lowest BCUT2D eigenvalue weighted by molar-refractivity contribution is -0.138. The molecule has 25 heavy (non-hydrogen) atoms. The number of alkyl carbamates (subject to hydrolysis) is 1. The summed E-state index contributed by atoms with van der Waals surface area (Å²) in [4.78, 5) is 26.7. The molecule has 1 heterocycles. The predicted molar refractivity (Wildman–Crippen MR) is 98.3 cm³/mol. The van der Waals surface area contributed by atoms with Gasteiger partial charge in [-0.3, -0.25) is 4.79 Å². The number of nitrogens with zero attached hydrogens (tertiary/aromatic N) is 1. The molecule has 1 saturated heterocycles. The van der Waals surface area contributed by atoms with Gasteiger partial charge in [-0.25, -0.2) is 4.79 Å². The zero-order chi connectivity index (χ0) is 18.6. The van der Waals surface area contributed by atoms with E-state index in [1.54, 1.807) is 31.7 Å². The van der Waals surface area contributed by atoms with Crippen LogP contribution in [0, 0.1) is 0 Å². The molecule has 1 aromatic rings. The van der Waals surface area contributed by atoms with Crippen molar-refractivity contribution in [2.45, 2.75) is 57.7 Å². The highest BCUT2D eigenvalue weighted by atomic mass is 16.6. The molecule has 136 valence electrons. The summed E-state index contributed by atoms with van der Waals surface area (Å²) in [5.74, 6) is 0.0456. The molecule has 0 spiro atoms. The van der Waals surface area contributed by atoms with Gasteiger partial charge >= 0.3 is 6.09 Å². The lowest BCUT2D eigenvalue weighted by Crippen LogP contribution is -2.58. The largest absolute Gasteiger partial charge is 0.444 e. The molecule has 1 aliphatic rings. The molecule has 1 N–H and O–H groups in total. The van der Waals surface area contributed by atoms with Crippen molar-refractivity contribution in [3.05, 3.63) is 48.6 Å². The Morgan fingerprint density at radius 2 is 2.00 bits per heavy atom. The first-order valence-electron chi connectivity index (χ1n) is 8.68. The second-order valence-corrected chi connectivity index (χ2v) is 7.47. The Morgan fingerprint density at radius 1 is 1.36 bits per heavy atom. The number of nitrogens with one attached hydrogen (secondary N) is 1. The Balaban J connectivity index is 2.22. The van der Waals surface area contributed by atoms with Gasteiger partial charge in [0.2, 0.25) is 5.91 Å². The monoisotopic (exact) mass is 344 g/mol. The molecule has 0 saturated carbocycles. The van der Waals surface area contributed by atoms with Crippen LogP contribution in [0.25, 0.3) is 0 Å². The fourth-order valence-electron chi connectivity index (χ4n) is 3.25. The van der Waals surface area contributed by atoms with Gasteiger partial charge in [-0.2, -0.15) is 0 Å². The van der Waals surface area contributed by atoms with E-state index in [1.165, 1.54) is 0 Å². The second-order valence-electron chi connectivity index (χ2n) is 7.47. The van der Waals surface area contributed by atoms with Gasteiger partial charge in [0, 0.05) is 18.5 Å². The number of carbonyl (C=O) groups is 2. The predicted octanol–water partition coefficient (Wildman–Crippen LogP) is 3.47. The fraction of sp³-hybridized carbons (Fsp3) is 0.500. The van der Waals surface area contributed by atoms with Gasteiger partial charge in [-0.15, -0.1) is 6.58 Å². The van der Waals surface area contributed by atoms with Crippen LogP contribution in [-0.2, 0) is 9.53 Å². The maximum Gasteiger partial charge on any atom is 0.408 e. The van der Waals surface area contributed by atoms with E-state index in [-0.39, 0.29) is 17.9 Å². The van der Waals surface area contributed by atoms with Crippen molar-refractivity contribution in [3.8, 4) is 0 Å². The first-order chi connectivity index (χ1) is 11.7. The molecule has 3 unspecified atom stereocenters. The van der Waals surface area contributed by atoms with Crippen molar-refractivity contribution in [1.29, 1.82) is 0 Å². The summed E-state index contributed by atoms with van der Waals surface area (Å²) in [5.41, 5.74) is 0.557. The molecule has 5 heteroatoms. The summed E-state index contributed by atoms with van der Waals surface area (Å²) >= 11 is 0. The van der Waals surface area contributed by atoms with Crippen molar-refractivity contribution in [2.75, 3.05) is 6.54 Å². The summed E-state index contributed by atoms with van der Waals surface area (Å²) in [6.07, 6.45) is 1.70. The highest BCUT2D eigenvalue weighted by Gasteiger charge is 2.40. The first kappa shape index (κ1) is 19.0. The van der Waals surface area contributed by atoms with Crippen LogP contribution in [0.5, 0.6) is 0 Å². The number of benzene rings is 1. The third kappa shape index (κ3) is 4.84. The van der Waals surface area contributed by atoms with Crippen LogP contribution in [0.3, 0.4) is 0 Å². The number of piperidine rings is 1. The van der Waals surface area contributed by atoms with Crippen LogP contribution in [0.1, 0.15) is 45.6 Å². The second kappa shape index (κ2) is 7.72. The highest BCUT2D eigenvalue weighted by Crippen LogP contribution is 2.33. The molecule has 1 aliphatic heterocycles. The van der Waals surface area contributed by atoms with Crippen molar-refractivity contribution in [2.24, 2.45) is 0 Å². The number of likely N-dealkylation sites (tertiary alicyclic amines) is 1. The molecular formula is C20H28N2O3. The van der Waals surface area contributed by atoms with Crippen LogP contribution in [0.4, 0.5) is 4.79 Å². The summed E-state index contributed by atoms with van der Waals surface area (Å²) in [6, 6.07) is 9.52. The molecule has 2 rings (SSSR count). The van der Waals surface area contributed by atoms with Crippen LogP contribution < -0.4 is 5.32 Å². The Hall–Kier alpha value is -2.30. The molecule has 0 radical (unpaired) electrons. The van der Waals surface area contributed by atoms with Crippen molar-refractivity contribution in [1.82, 2.24) is 10.2 Å². The summed E-state index contributed by atoms with van der Waals surface area (Å²) in [6.45, 7) is 11.6. The molecular weight excluding hydrogens is 316 g/mol. The molecule has 5 nitrogen and oxygen atoms in total. The van der Waals surface area contributed by atoms with Gasteiger partial charge in [0.15, 0.2) is 0 Å².